The van der Waals surface area contributed by atoms with Crippen molar-refractivity contribution in [2.45, 2.75) is 78.2 Å². The van der Waals surface area contributed by atoms with Crippen molar-refractivity contribution in [3.05, 3.63) is 51.8 Å². The lowest BCUT2D eigenvalue weighted by Gasteiger charge is -2.35. The summed E-state index contributed by atoms with van der Waals surface area (Å²) in [6.45, 7) is 9.52. The molecule has 2 aliphatic rings. The molecule has 0 spiro atoms. The van der Waals surface area contributed by atoms with Crippen molar-refractivity contribution in [3.63, 3.8) is 0 Å². The highest BCUT2D eigenvalue weighted by Gasteiger charge is 2.30. The molecule has 0 aliphatic carbocycles. The zero-order valence-electron chi connectivity index (χ0n) is 27.5. The Morgan fingerprint density at radius 1 is 1.08 bits per heavy atom. The van der Waals surface area contributed by atoms with Crippen LogP contribution in [0.25, 0.3) is 21.1 Å². The van der Waals surface area contributed by atoms with Gasteiger partial charge in [0.15, 0.2) is 6.67 Å². The van der Waals surface area contributed by atoms with Gasteiger partial charge in [0.25, 0.3) is 5.91 Å². The first-order valence-electron chi connectivity index (χ1n) is 16.6. The number of amides is 1. The van der Waals surface area contributed by atoms with Crippen LogP contribution in [-0.4, -0.2) is 75.3 Å². The number of aromatic nitrogens is 3. The van der Waals surface area contributed by atoms with Crippen LogP contribution in [0.1, 0.15) is 60.1 Å². The third kappa shape index (κ3) is 7.44. The number of aryl methyl sites for hydroxylation is 2. The van der Waals surface area contributed by atoms with Gasteiger partial charge in [-0.1, -0.05) is 13.0 Å². The number of nitriles is 1. The molecule has 1 aromatic carbocycles. The molecule has 1 amide bonds. The lowest BCUT2D eigenvalue weighted by atomic mass is 9.85. The number of hydrogen-bond donors (Lipinski definition) is 1. The second-order valence-electron chi connectivity index (χ2n) is 13.4. The van der Waals surface area contributed by atoms with Crippen molar-refractivity contribution in [2.24, 2.45) is 11.8 Å². The number of carbonyl (C=O) groups excluding carboxylic acids is 1. The van der Waals surface area contributed by atoms with E-state index < -0.39 is 25.2 Å². The van der Waals surface area contributed by atoms with Crippen LogP contribution >= 0.6 is 11.3 Å². The fourth-order valence-corrected chi connectivity index (χ4v) is 8.47. The Kier molecular flexibility index (Phi) is 9.95. The van der Waals surface area contributed by atoms with E-state index in [-0.39, 0.29) is 10.9 Å². The van der Waals surface area contributed by atoms with Crippen molar-refractivity contribution in [1.82, 2.24) is 24.3 Å². The maximum Gasteiger partial charge on any atom is 0.393 e. The highest BCUT2D eigenvalue weighted by Crippen LogP contribution is 2.35. The molecule has 5 heterocycles. The minimum atomic E-state index is -4.27. The molecule has 0 bridgehead atoms. The van der Waals surface area contributed by atoms with E-state index in [2.05, 4.69) is 56.8 Å². The van der Waals surface area contributed by atoms with Crippen LogP contribution in [0, 0.1) is 37.0 Å². The average Bonchev–Trinajstić information content (AvgIpc) is 3.62. The minimum absolute atomic E-state index is 0.152. The van der Waals surface area contributed by atoms with Crippen molar-refractivity contribution in [1.29, 1.82) is 5.26 Å². The first-order chi connectivity index (χ1) is 22.9. The Balaban J connectivity index is 1.09. The number of rotatable bonds is 9. The molecule has 48 heavy (non-hydrogen) atoms. The predicted octanol–water partition coefficient (Wildman–Crippen LogP) is 7.16. The number of thiophene rings is 1. The van der Waals surface area contributed by atoms with Gasteiger partial charge in [-0.2, -0.15) is 18.4 Å². The first kappa shape index (κ1) is 34.1. The quantitative estimate of drug-likeness (QED) is 0.189. The molecule has 0 unspecified atom stereocenters. The molecule has 0 radical (unpaired) electrons. The van der Waals surface area contributed by atoms with Crippen LogP contribution in [0.3, 0.4) is 0 Å². The summed E-state index contributed by atoms with van der Waals surface area (Å²) in [5.74, 6) is 1.40. The van der Waals surface area contributed by atoms with Gasteiger partial charge in [0.1, 0.15) is 28.2 Å². The zero-order chi connectivity index (χ0) is 34.2. The van der Waals surface area contributed by atoms with Crippen molar-refractivity contribution in [3.8, 4) is 6.07 Å². The number of piperidine rings is 2. The van der Waals surface area contributed by atoms with Crippen LogP contribution in [0.2, 0.25) is 0 Å². The third-order valence-electron chi connectivity index (χ3n) is 10.1. The molecular weight excluding hydrogens is 642 g/mol. The van der Waals surface area contributed by atoms with E-state index in [4.69, 9.17) is 0 Å². The number of alkyl halides is 4. The second kappa shape index (κ2) is 14.0. The number of benzene rings is 1. The molecule has 4 aromatic rings. The van der Waals surface area contributed by atoms with Crippen LogP contribution < -0.4 is 5.32 Å². The summed E-state index contributed by atoms with van der Waals surface area (Å²) >= 11 is 1.07. The number of nitrogens with one attached hydrogen (secondary N) is 1. The minimum Gasteiger partial charge on any atom is -0.367 e. The molecule has 2 aliphatic heterocycles. The first-order valence-corrected chi connectivity index (χ1v) is 17.4. The number of hydrogen-bond acceptors (Lipinski definition) is 7. The van der Waals surface area contributed by atoms with E-state index in [1.807, 2.05) is 6.07 Å². The van der Waals surface area contributed by atoms with Gasteiger partial charge < -0.3 is 14.8 Å². The molecule has 6 rings (SSSR count). The Bertz CT molecular complexity index is 1830. The molecule has 1 atom stereocenters. The molecule has 13 heteroatoms. The van der Waals surface area contributed by atoms with E-state index in [0.29, 0.717) is 59.0 Å². The summed E-state index contributed by atoms with van der Waals surface area (Å²) in [5.41, 5.74) is 4.07. The fourth-order valence-electron chi connectivity index (χ4n) is 7.36. The molecular formula is C35H41F4N7OS. The maximum atomic E-state index is 13.0. The summed E-state index contributed by atoms with van der Waals surface area (Å²) in [6.07, 6.45) is -1.82. The third-order valence-corrected chi connectivity index (χ3v) is 11.1. The predicted molar refractivity (Wildman–Crippen MR) is 180 cm³/mol. The number of carbonyl (C=O) groups is 1. The van der Waals surface area contributed by atoms with Crippen LogP contribution in [0.5, 0.6) is 0 Å². The monoisotopic (exact) mass is 683 g/mol. The van der Waals surface area contributed by atoms with Crippen LogP contribution in [-0.2, 0) is 24.3 Å². The summed E-state index contributed by atoms with van der Waals surface area (Å²) in [4.78, 5) is 25.5. The van der Waals surface area contributed by atoms with Gasteiger partial charge in [-0.15, -0.1) is 11.3 Å². The molecule has 8 nitrogen and oxygen atoms in total. The van der Waals surface area contributed by atoms with Gasteiger partial charge in [0, 0.05) is 61.1 Å². The standard InChI is InChI=1S/C35H41F4N7OS/c1-21(24-6-12-45(13-7-24)32(47)17-36)19-46-27(18-40)14-29-22(2)25(4-5-31(29)46)20-44-10-8-26(9-11-44)43-33-30-15-28(16-35(37,38)39)48-34(30)42-23(3)41-33/h4-5,14-15,21,24,26H,6-13,16-17,19-20H2,1-3H3,(H,41,42,43)/t21-/m0/s1. The number of likely N-dealkylation sites (tertiary alicyclic amines) is 2. The molecule has 1 N–H and O–H groups in total. The van der Waals surface area contributed by atoms with Gasteiger partial charge in [0.2, 0.25) is 0 Å². The summed E-state index contributed by atoms with van der Waals surface area (Å²) in [7, 11) is 0. The highest BCUT2D eigenvalue weighted by molar-refractivity contribution is 7.18. The number of fused-ring (bicyclic) bond motifs is 2. The van der Waals surface area contributed by atoms with Crippen molar-refractivity contribution >= 4 is 44.2 Å². The highest BCUT2D eigenvalue weighted by atomic mass is 32.1. The molecule has 256 valence electrons. The number of nitrogens with zero attached hydrogens (tertiary/aromatic N) is 6. The number of halogens is 4. The molecule has 0 saturated carbocycles. The van der Waals surface area contributed by atoms with Gasteiger partial charge >= 0.3 is 6.18 Å². The smallest absolute Gasteiger partial charge is 0.367 e. The van der Waals surface area contributed by atoms with Crippen LogP contribution in [0.4, 0.5) is 23.4 Å². The van der Waals surface area contributed by atoms with Gasteiger partial charge in [0.05, 0.1) is 11.8 Å². The fraction of sp³-hybridized carbons (Fsp3) is 0.543. The Labute approximate surface area is 281 Å². The zero-order valence-corrected chi connectivity index (χ0v) is 28.4. The topological polar surface area (TPSA) is 90.1 Å². The maximum absolute atomic E-state index is 13.0. The van der Waals surface area contributed by atoms with Crippen LogP contribution in [0.15, 0.2) is 24.3 Å². The average molecular weight is 684 g/mol. The number of anilines is 1. The van der Waals surface area contributed by atoms with E-state index in [1.165, 1.54) is 11.1 Å². The van der Waals surface area contributed by atoms with E-state index in [9.17, 15) is 27.6 Å². The molecule has 3 aromatic heterocycles. The molecule has 2 saturated heterocycles. The van der Waals surface area contributed by atoms with Gasteiger partial charge in [-0.05, 0) is 80.7 Å². The Morgan fingerprint density at radius 3 is 2.48 bits per heavy atom. The lowest BCUT2D eigenvalue weighted by molar-refractivity contribution is -0.133. The van der Waals surface area contributed by atoms with Gasteiger partial charge in [-0.25, -0.2) is 14.4 Å². The Hall–Kier alpha value is -3.76. The summed E-state index contributed by atoms with van der Waals surface area (Å²) in [5, 5.41) is 15.3. The lowest BCUT2D eigenvalue weighted by Crippen LogP contribution is -2.41. The largest absolute Gasteiger partial charge is 0.393 e. The summed E-state index contributed by atoms with van der Waals surface area (Å²) < 4.78 is 54.0. The molecule has 2 fully saturated rings. The van der Waals surface area contributed by atoms with Crippen molar-refractivity contribution < 1.29 is 22.4 Å². The SMILES string of the molecule is Cc1nc(NC2CCN(Cc3ccc4c(cc(C#N)n4C[C@H](C)C4CCN(C(=O)CF)CC4)c3C)CC2)c2cc(CC(F)(F)F)sc2n1. The van der Waals surface area contributed by atoms with Gasteiger partial charge in [-0.3, -0.25) is 9.69 Å². The van der Waals surface area contributed by atoms with E-state index >= 15 is 0 Å². The normalized spacial score (nSPS) is 17.7. The Morgan fingerprint density at radius 2 is 1.81 bits per heavy atom. The van der Waals surface area contributed by atoms with Crippen molar-refractivity contribution in [2.75, 3.05) is 38.2 Å². The van der Waals surface area contributed by atoms with E-state index in [0.717, 1.165) is 67.6 Å². The van der Waals surface area contributed by atoms with E-state index in [1.54, 1.807) is 17.9 Å². The second-order valence-corrected chi connectivity index (χ2v) is 14.5. The summed E-state index contributed by atoms with van der Waals surface area (Å²) in [6, 6.07) is 10.4.